The molecule has 5 rings (SSSR count). The molecule has 2 aliphatic heterocycles. The van der Waals surface area contributed by atoms with Crippen molar-refractivity contribution in [1.29, 1.82) is 0 Å². The van der Waals surface area contributed by atoms with Crippen molar-refractivity contribution in [2.45, 2.75) is 26.9 Å². The van der Waals surface area contributed by atoms with E-state index in [-0.39, 0.29) is 5.82 Å². The lowest BCUT2D eigenvalue weighted by Crippen LogP contribution is -2.49. The number of nitrogens with zero attached hydrogens (tertiary/aromatic N) is 4. The molecule has 34 heavy (non-hydrogen) atoms. The van der Waals surface area contributed by atoms with E-state index < -0.39 is 0 Å². The van der Waals surface area contributed by atoms with Crippen LogP contribution in [0.5, 0.6) is 11.5 Å². The number of hydrogen-bond donors (Lipinski definition) is 1. The molecule has 0 saturated carbocycles. The minimum atomic E-state index is -0.235. The van der Waals surface area contributed by atoms with Crippen molar-refractivity contribution in [3.05, 3.63) is 70.8 Å². The Morgan fingerprint density at radius 2 is 1.68 bits per heavy atom. The predicted molar refractivity (Wildman–Crippen MR) is 133 cm³/mol. The second-order valence-electron chi connectivity index (χ2n) is 8.71. The normalized spacial score (nSPS) is 15.6. The number of thiocarbonyl (C=S) groups is 1. The van der Waals surface area contributed by atoms with E-state index in [1.54, 1.807) is 12.1 Å². The molecule has 178 valence electrons. The zero-order valence-electron chi connectivity index (χ0n) is 19.4. The van der Waals surface area contributed by atoms with Gasteiger partial charge in [0.15, 0.2) is 16.6 Å². The van der Waals surface area contributed by atoms with Crippen molar-refractivity contribution >= 4 is 23.0 Å². The average Bonchev–Trinajstić information content (AvgIpc) is 3.40. The zero-order chi connectivity index (χ0) is 23.7. The van der Waals surface area contributed by atoms with Gasteiger partial charge in [-0.2, -0.15) is 5.10 Å². The summed E-state index contributed by atoms with van der Waals surface area (Å²) in [5, 5.41) is 8.80. The highest BCUT2D eigenvalue weighted by Crippen LogP contribution is 2.33. The Labute approximate surface area is 204 Å². The van der Waals surface area contributed by atoms with E-state index >= 15 is 0 Å². The minimum Gasteiger partial charge on any atom is -0.454 e. The number of ether oxygens (including phenoxy) is 2. The first kappa shape index (κ1) is 22.6. The SMILES string of the molecule is Cc1nn(Cc2ccc(F)cc2)c(C)c1NC(=S)N1CCN(Cc2ccc3c(c2)OCO3)CC1. The van der Waals surface area contributed by atoms with E-state index in [9.17, 15) is 4.39 Å². The molecule has 2 aliphatic rings. The summed E-state index contributed by atoms with van der Waals surface area (Å²) in [6.07, 6.45) is 0. The van der Waals surface area contributed by atoms with Gasteiger partial charge in [0.25, 0.3) is 0 Å². The van der Waals surface area contributed by atoms with Crippen molar-refractivity contribution in [1.82, 2.24) is 19.6 Å². The van der Waals surface area contributed by atoms with E-state index in [1.165, 1.54) is 17.7 Å². The number of hydrogen-bond acceptors (Lipinski definition) is 5. The van der Waals surface area contributed by atoms with E-state index in [0.29, 0.717) is 13.3 Å². The van der Waals surface area contributed by atoms with E-state index in [4.69, 9.17) is 21.7 Å². The molecule has 3 aromatic rings. The maximum Gasteiger partial charge on any atom is 0.231 e. The standard InChI is InChI=1S/C25H28FN5O2S/c1-17-24(18(2)31(28-17)15-19-3-6-21(26)7-4-19)27-25(34)30-11-9-29(10-12-30)14-20-5-8-22-23(13-20)33-16-32-22/h3-8,13H,9-12,14-16H2,1-2H3,(H,27,34). The Kier molecular flexibility index (Phi) is 6.38. The van der Waals surface area contributed by atoms with Crippen molar-refractivity contribution in [2.24, 2.45) is 0 Å². The van der Waals surface area contributed by atoms with E-state index in [1.807, 2.05) is 24.6 Å². The van der Waals surface area contributed by atoms with Crippen molar-refractivity contribution in [3.8, 4) is 11.5 Å². The quantitative estimate of drug-likeness (QED) is 0.554. The van der Waals surface area contributed by atoms with Crippen LogP contribution in [0.3, 0.4) is 0 Å². The lowest BCUT2D eigenvalue weighted by atomic mass is 10.1. The Morgan fingerprint density at radius 1 is 0.971 bits per heavy atom. The molecule has 0 bridgehead atoms. The summed E-state index contributed by atoms with van der Waals surface area (Å²) in [4.78, 5) is 4.63. The molecule has 0 atom stereocenters. The summed E-state index contributed by atoms with van der Waals surface area (Å²) >= 11 is 5.74. The van der Waals surface area contributed by atoms with Crippen molar-refractivity contribution in [3.63, 3.8) is 0 Å². The fraction of sp³-hybridized carbons (Fsp3) is 0.360. The number of aryl methyl sites for hydroxylation is 1. The Bertz CT molecular complexity index is 1190. The molecule has 2 aromatic carbocycles. The summed E-state index contributed by atoms with van der Waals surface area (Å²) in [7, 11) is 0. The molecule has 0 aliphatic carbocycles. The summed E-state index contributed by atoms with van der Waals surface area (Å²) in [5.74, 6) is 1.41. The molecule has 0 amide bonds. The third-order valence-corrected chi connectivity index (χ3v) is 6.72. The van der Waals surface area contributed by atoms with Crippen LogP contribution < -0.4 is 14.8 Å². The number of rotatable bonds is 5. The molecule has 1 N–H and O–H groups in total. The average molecular weight is 482 g/mol. The lowest BCUT2D eigenvalue weighted by Gasteiger charge is -2.36. The van der Waals surface area contributed by atoms with Gasteiger partial charge in [-0.1, -0.05) is 18.2 Å². The highest BCUT2D eigenvalue weighted by Gasteiger charge is 2.22. The molecule has 1 saturated heterocycles. The van der Waals surface area contributed by atoms with E-state index in [2.05, 4.69) is 32.3 Å². The summed E-state index contributed by atoms with van der Waals surface area (Å²) in [5.41, 5.74) is 5.06. The van der Waals surface area contributed by atoms with Crippen LogP contribution in [0.25, 0.3) is 0 Å². The summed E-state index contributed by atoms with van der Waals surface area (Å²) in [6.45, 7) is 9.33. The van der Waals surface area contributed by atoms with Crippen LogP contribution in [0.2, 0.25) is 0 Å². The van der Waals surface area contributed by atoms with Crippen LogP contribution >= 0.6 is 12.2 Å². The molecule has 7 nitrogen and oxygen atoms in total. The van der Waals surface area contributed by atoms with Gasteiger partial charge in [-0.05, 0) is 61.5 Å². The molecule has 0 unspecified atom stereocenters. The van der Waals surface area contributed by atoms with Crippen LogP contribution in [0.15, 0.2) is 42.5 Å². The number of piperazine rings is 1. The molecular weight excluding hydrogens is 453 g/mol. The summed E-state index contributed by atoms with van der Waals surface area (Å²) < 4.78 is 26.0. The van der Waals surface area contributed by atoms with Gasteiger partial charge in [-0.15, -0.1) is 0 Å². The predicted octanol–water partition coefficient (Wildman–Crippen LogP) is 3.93. The maximum atomic E-state index is 13.2. The maximum absolute atomic E-state index is 13.2. The largest absolute Gasteiger partial charge is 0.454 e. The van der Waals surface area contributed by atoms with E-state index in [0.717, 1.165) is 72.0 Å². The third kappa shape index (κ3) is 4.85. The van der Waals surface area contributed by atoms with Gasteiger partial charge < -0.3 is 19.7 Å². The smallest absolute Gasteiger partial charge is 0.231 e. The van der Waals surface area contributed by atoms with Gasteiger partial charge >= 0.3 is 0 Å². The van der Waals surface area contributed by atoms with Gasteiger partial charge in [-0.25, -0.2) is 4.39 Å². The van der Waals surface area contributed by atoms with Gasteiger partial charge in [0.2, 0.25) is 6.79 Å². The summed E-state index contributed by atoms with van der Waals surface area (Å²) in [6, 6.07) is 12.7. The van der Waals surface area contributed by atoms with Crippen LogP contribution in [0.4, 0.5) is 10.1 Å². The van der Waals surface area contributed by atoms with Crippen molar-refractivity contribution in [2.75, 3.05) is 38.3 Å². The minimum absolute atomic E-state index is 0.235. The Balaban J connectivity index is 1.16. The monoisotopic (exact) mass is 481 g/mol. The van der Waals surface area contributed by atoms with Gasteiger partial charge in [0.05, 0.1) is 23.6 Å². The van der Waals surface area contributed by atoms with Crippen LogP contribution in [-0.4, -0.2) is 57.7 Å². The molecule has 0 spiro atoms. The fourth-order valence-corrected chi connectivity index (χ4v) is 4.67. The van der Waals surface area contributed by atoms with Crippen molar-refractivity contribution < 1.29 is 13.9 Å². The van der Waals surface area contributed by atoms with Crippen LogP contribution in [-0.2, 0) is 13.1 Å². The van der Waals surface area contributed by atoms with Gasteiger partial charge in [-0.3, -0.25) is 9.58 Å². The number of benzene rings is 2. The fourth-order valence-electron chi connectivity index (χ4n) is 4.39. The second-order valence-corrected chi connectivity index (χ2v) is 9.10. The second kappa shape index (κ2) is 9.60. The Morgan fingerprint density at radius 3 is 2.44 bits per heavy atom. The first-order valence-electron chi connectivity index (χ1n) is 11.4. The molecule has 9 heteroatoms. The first-order valence-corrected chi connectivity index (χ1v) is 11.8. The van der Waals surface area contributed by atoms with Gasteiger partial charge in [0.1, 0.15) is 5.82 Å². The molecule has 3 heterocycles. The van der Waals surface area contributed by atoms with Gasteiger partial charge in [0, 0.05) is 32.7 Å². The first-order chi connectivity index (χ1) is 16.5. The molecule has 1 aromatic heterocycles. The zero-order valence-corrected chi connectivity index (χ0v) is 20.2. The topological polar surface area (TPSA) is 54.8 Å². The molecular formula is C25H28FN5O2S. The molecule has 0 radical (unpaired) electrons. The number of anilines is 1. The highest BCUT2D eigenvalue weighted by atomic mass is 32.1. The third-order valence-electron chi connectivity index (χ3n) is 6.36. The van der Waals surface area contributed by atoms with Crippen LogP contribution in [0, 0.1) is 19.7 Å². The number of halogens is 1. The lowest BCUT2D eigenvalue weighted by molar-refractivity contribution is 0.173. The number of aromatic nitrogens is 2. The number of fused-ring (bicyclic) bond motifs is 1. The van der Waals surface area contributed by atoms with Crippen LogP contribution in [0.1, 0.15) is 22.5 Å². The molecule has 1 fully saturated rings. The number of nitrogens with one attached hydrogen (secondary N) is 1. The Hall–Kier alpha value is -3.17. The highest BCUT2D eigenvalue weighted by molar-refractivity contribution is 7.80.